The first-order chi connectivity index (χ1) is 11.1. The van der Waals surface area contributed by atoms with Gasteiger partial charge in [0, 0.05) is 22.3 Å². The molecule has 23 heavy (non-hydrogen) atoms. The molecule has 0 amide bonds. The van der Waals surface area contributed by atoms with Crippen LogP contribution in [0.2, 0.25) is 0 Å². The number of ether oxygens (including phenoxy) is 1. The summed E-state index contributed by atoms with van der Waals surface area (Å²) < 4.78 is 7.35. The second-order valence-corrected chi connectivity index (χ2v) is 6.70. The molecule has 0 aromatic heterocycles. The number of hydrogen-bond donors (Lipinski definition) is 0. The molecule has 0 bridgehead atoms. The number of aryl methyl sites for hydroxylation is 1. The molecule has 3 rings (SSSR count). The van der Waals surface area contributed by atoms with Crippen molar-refractivity contribution in [2.45, 2.75) is 32.6 Å². The Hall–Kier alpha value is -1.83. The number of halogens is 1. The van der Waals surface area contributed by atoms with Gasteiger partial charge in [0.15, 0.2) is 6.23 Å². The van der Waals surface area contributed by atoms with Crippen LogP contribution >= 0.6 is 15.9 Å². The van der Waals surface area contributed by atoms with Crippen LogP contribution in [-0.4, -0.2) is 12.6 Å². The van der Waals surface area contributed by atoms with E-state index in [0.717, 1.165) is 28.7 Å². The molecule has 0 aliphatic carbocycles. The van der Waals surface area contributed by atoms with Crippen molar-refractivity contribution < 1.29 is 4.74 Å². The first kappa shape index (κ1) is 16.0. The molecular formula is C19H19BrN2O. The number of benzene rings is 2. The maximum Gasteiger partial charge on any atom is 0.157 e. The Morgan fingerprint density at radius 1 is 1.30 bits per heavy atom. The molecule has 118 valence electrons. The molecular weight excluding hydrogens is 352 g/mol. The van der Waals surface area contributed by atoms with E-state index in [1.165, 1.54) is 5.56 Å². The number of rotatable bonds is 3. The van der Waals surface area contributed by atoms with Crippen LogP contribution in [0, 0.1) is 18.3 Å². The summed E-state index contributed by atoms with van der Waals surface area (Å²) in [5, 5.41) is 9.14. The van der Waals surface area contributed by atoms with Gasteiger partial charge >= 0.3 is 0 Å². The first-order valence-corrected chi connectivity index (χ1v) is 8.60. The zero-order valence-electron chi connectivity index (χ0n) is 13.3. The lowest BCUT2D eigenvalue weighted by Gasteiger charge is -2.26. The van der Waals surface area contributed by atoms with Gasteiger partial charge in [0.2, 0.25) is 0 Å². The van der Waals surface area contributed by atoms with Gasteiger partial charge in [-0.15, -0.1) is 0 Å². The third kappa shape index (κ3) is 3.26. The highest BCUT2D eigenvalue weighted by Gasteiger charge is 2.33. The monoisotopic (exact) mass is 370 g/mol. The third-order valence-electron chi connectivity index (χ3n) is 4.23. The fourth-order valence-electron chi connectivity index (χ4n) is 2.91. The molecule has 0 saturated carbocycles. The normalized spacial score (nSPS) is 20.5. The summed E-state index contributed by atoms with van der Waals surface area (Å²) in [6.07, 6.45) is 1.03. The maximum absolute atomic E-state index is 9.14. The lowest BCUT2D eigenvalue weighted by atomic mass is 10.1. The van der Waals surface area contributed by atoms with Crippen molar-refractivity contribution in [1.82, 2.24) is 0 Å². The third-order valence-corrected chi connectivity index (χ3v) is 5.12. The fourth-order valence-corrected chi connectivity index (χ4v) is 3.15. The fraction of sp³-hybridized carbons (Fsp3) is 0.316. The number of nitrogens with zero attached hydrogens (tertiary/aromatic N) is 2. The van der Waals surface area contributed by atoms with E-state index in [1.54, 1.807) is 0 Å². The van der Waals surface area contributed by atoms with Crippen molar-refractivity contribution in [3.8, 4) is 6.07 Å². The summed E-state index contributed by atoms with van der Waals surface area (Å²) in [4.78, 5) is 2.28. The predicted molar refractivity (Wildman–Crippen MR) is 95.3 cm³/mol. The summed E-state index contributed by atoms with van der Waals surface area (Å²) in [5.74, 6) is 0. The summed E-state index contributed by atoms with van der Waals surface area (Å²) in [5.41, 5.74) is 4.04. The van der Waals surface area contributed by atoms with E-state index in [-0.39, 0.29) is 12.3 Å². The van der Waals surface area contributed by atoms with Crippen molar-refractivity contribution >= 4 is 21.6 Å². The van der Waals surface area contributed by atoms with Crippen LogP contribution in [0.5, 0.6) is 0 Å². The van der Waals surface area contributed by atoms with Crippen LogP contribution in [0.4, 0.5) is 5.69 Å². The van der Waals surface area contributed by atoms with E-state index in [1.807, 2.05) is 24.3 Å². The molecule has 0 radical (unpaired) electrons. The highest BCUT2D eigenvalue weighted by Crippen LogP contribution is 2.37. The largest absolute Gasteiger partial charge is 0.349 e. The minimum atomic E-state index is -0.145. The van der Waals surface area contributed by atoms with Gasteiger partial charge < -0.3 is 9.64 Å². The topological polar surface area (TPSA) is 36.3 Å². The van der Waals surface area contributed by atoms with Gasteiger partial charge in [-0.2, -0.15) is 5.26 Å². The van der Waals surface area contributed by atoms with E-state index in [4.69, 9.17) is 10.00 Å². The van der Waals surface area contributed by atoms with E-state index in [2.05, 4.69) is 58.9 Å². The van der Waals surface area contributed by atoms with Gasteiger partial charge in [-0.25, -0.2) is 0 Å². The van der Waals surface area contributed by atoms with Crippen molar-refractivity contribution in [3.05, 3.63) is 63.6 Å². The Morgan fingerprint density at radius 2 is 2.13 bits per heavy atom. The van der Waals surface area contributed by atoms with Gasteiger partial charge in [0.25, 0.3) is 0 Å². The second-order valence-electron chi connectivity index (χ2n) is 5.84. The molecule has 0 N–H and O–H groups in total. The van der Waals surface area contributed by atoms with E-state index < -0.39 is 0 Å². The number of hydrogen-bond acceptors (Lipinski definition) is 3. The highest BCUT2D eigenvalue weighted by atomic mass is 79.9. The van der Waals surface area contributed by atoms with Crippen molar-refractivity contribution in [2.75, 3.05) is 11.4 Å². The predicted octanol–water partition coefficient (Wildman–Crippen LogP) is 4.94. The van der Waals surface area contributed by atoms with E-state index in [0.29, 0.717) is 5.56 Å². The SMILES string of the molecule is CCC1CN(c2ccc(Br)c(C)c2)C(c2cccc(C#N)c2)O1. The lowest BCUT2D eigenvalue weighted by Crippen LogP contribution is -2.24. The molecule has 1 aliphatic rings. The first-order valence-electron chi connectivity index (χ1n) is 7.80. The van der Waals surface area contributed by atoms with Gasteiger partial charge in [0.1, 0.15) is 0 Å². The number of nitriles is 1. The molecule has 0 spiro atoms. The summed E-state index contributed by atoms with van der Waals surface area (Å²) >= 11 is 3.56. The Bertz CT molecular complexity index is 753. The molecule has 1 saturated heterocycles. The van der Waals surface area contributed by atoms with Crippen LogP contribution in [-0.2, 0) is 4.74 Å². The molecule has 1 heterocycles. The summed E-state index contributed by atoms with van der Waals surface area (Å²) in [6.45, 7) is 5.09. The minimum absolute atomic E-state index is 0.145. The van der Waals surface area contributed by atoms with Gasteiger partial charge in [0.05, 0.1) is 17.7 Å². The van der Waals surface area contributed by atoms with E-state index in [9.17, 15) is 0 Å². The standard InChI is InChI=1S/C19H19BrN2O/c1-3-17-12-22(16-7-8-18(20)13(2)9-16)19(23-17)15-6-4-5-14(10-15)11-21/h4-10,17,19H,3,12H2,1-2H3. The Balaban J connectivity index is 1.98. The van der Waals surface area contributed by atoms with Crippen LogP contribution < -0.4 is 4.90 Å². The van der Waals surface area contributed by atoms with Crippen molar-refractivity contribution in [1.29, 1.82) is 5.26 Å². The molecule has 2 aromatic carbocycles. The Morgan fingerprint density at radius 3 is 2.83 bits per heavy atom. The van der Waals surface area contributed by atoms with Gasteiger partial charge in [-0.3, -0.25) is 0 Å². The zero-order chi connectivity index (χ0) is 16.4. The smallest absolute Gasteiger partial charge is 0.157 e. The summed E-state index contributed by atoms with van der Waals surface area (Å²) in [7, 11) is 0. The van der Waals surface area contributed by atoms with Crippen LogP contribution in [0.3, 0.4) is 0 Å². The lowest BCUT2D eigenvalue weighted by molar-refractivity contribution is 0.0462. The molecule has 3 nitrogen and oxygen atoms in total. The van der Waals surface area contributed by atoms with Crippen LogP contribution in [0.15, 0.2) is 46.9 Å². The van der Waals surface area contributed by atoms with Crippen molar-refractivity contribution in [3.63, 3.8) is 0 Å². The van der Waals surface area contributed by atoms with Gasteiger partial charge in [-0.05, 0) is 49.2 Å². The Labute approximate surface area is 145 Å². The second kappa shape index (κ2) is 6.74. The minimum Gasteiger partial charge on any atom is -0.349 e. The quantitative estimate of drug-likeness (QED) is 0.767. The summed E-state index contributed by atoms with van der Waals surface area (Å²) in [6, 6.07) is 16.3. The highest BCUT2D eigenvalue weighted by molar-refractivity contribution is 9.10. The average molecular weight is 371 g/mol. The van der Waals surface area contributed by atoms with Gasteiger partial charge in [-0.1, -0.05) is 35.0 Å². The maximum atomic E-state index is 9.14. The zero-order valence-corrected chi connectivity index (χ0v) is 14.9. The average Bonchev–Trinajstić information content (AvgIpc) is 3.02. The van der Waals surface area contributed by atoms with Crippen LogP contribution in [0.25, 0.3) is 0 Å². The van der Waals surface area contributed by atoms with E-state index >= 15 is 0 Å². The molecule has 4 heteroatoms. The number of anilines is 1. The molecule has 1 fully saturated rings. The molecule has 2 atom stereocenters. The molecule has 1 aliphatic heterocycles. The Kier molecular flexibility index (Phi) is 4.70. The molecule has 2 aromatic rings. The molecule has 2 unspecified atom stereocenters. The van der Waals surface area contributed by atoms with Crippen molar-refractivity contribution in [2.24, 2.45) is 0 Å². The van der Waals surface area contributed by atoms with Crippen LogP contribution in [0.1, 0.15) is 36.3 Å².